The highest BCUT2D eigenvalue weighted by atomic mass is 79.9. The number of carbonyl (C=O) groups excluding carboxylic acids is 3. The molecule has 1 aliphatic rings. The number of furan rings is 1. The van der Waals surface area contributed by atoms with E-state index in [0.29, 0.717) is 29.8 Å². The van der Waals surface area contributed by atoms with Gasteiger partial charge in [-0.2, -0.15) is 0 Å². The zero-order valence-electron chi connectivity index (χ0n) is 16.8. The van der Waals surface area contributed by atoms with Crippen molar-refractivity contribution in [2.75, 3.05) is 11.9 Å². The minimum Gasteiger partial charge on any atom is -0.464 e. The van der Waals surface area contributed by atoms with Crippen LogP contribution in [0.5, 0.6) is 0 Å². The van der Waals surface area contributed by atoms with Gasteiger partial charge in [-0.3, -0.25) is 9.59 Å². The summed E-state index contributed by atoms with van der Waals surface area (Å²) >= 11 is 3.16. The molecule has 8 heteroatoms. The van der Waals surface area contributed by atoms with Crippen molar-refractivity contribution in [3.05, 3.63) is 52.4 Å². The monoisotopic (exact) mass is 476 g/mol. The molecule has 0 radical (unpaired) electrons. The lowest BCUT2D eigenvalue weighted by molar-refractivity contribution is -0.155. The van der Waals surface area contributed by atoms with Crippen LogP contribution in [0.4, 0.5) is 5.69 Å². The smallest absolute Gasteiger partial charge is 0.331 e. The maximum atomic E-state index is 12.6. The number of nitrogens with one attached hydrogen (secondary N) is 2. The lowest BCUT2D eigenvalue weighted by Gasteiger charge is -2.35. The van der Waals surface area contributed by atoms with Crippen LogP contribution in [-0.4, -0.2) is 29.9 Å². The SMILES string of the molecule is CCOC(=O)C1(NC(=O)Cc2ccc(NC(=O)c3ccc(Br)o3)cc2)CCCCC1. The fourth-order valence-corrected chi connectivity index (χ4v) is 3.94. The summed E-state index contributed by atoms with van der Waals surface area (Å²) in [5.41, 5.74) is 0.448. The largest absolute Gasteiger partial charge is 0.464 e. The molecule has 0 spiro atoms. The van der Waals surface area contributed by atoms with Crippen molar-refractivity contribution in [1.29, 1.82) is 0 Å². The Balaban J connectivity index is 1.59. The van der Waals surface area contributed by atoms with E-state index in [1.807, 2.05) is 0 Å². The van der Waals surface area contributed by atoms with Crippen molar-refractivity contribution in [3.8, 4) is 0 Å². The normalized spacial score (nSPS) is 15.3. The van der Waals surface area contributed by atoms with Crippen LogP contribution in [-0.2, 0) is 20.7 Å². The van der Waals surface area contributed by atoms with E-state index in [0.717, 1.165) is 24.8 Å². The number of esters is 1. The zero-order valence-corrected chi connectivity index (χ0v) is 18.4. The molecule has 0 bridgehead atoms. The molecule has 2 N–H and O–H groups in total. The number of hydrogen-bond acceptors (Lipinski definition) is 5. The van der Waals surface area contributed by atoms with E-state index < -0.39 is 5.54 Å². The summed E-state index contributed by atoms with van der Waals surface area (Å²) in [5, 5.41) is 5.67. The molecule has 2 aromatic rings. The van der Waals surface area contributed by atoms with Crippen LogP contribution in [0.25, 0.3) is 0 Å². The van der Waals surface area contributed by atoms with Crippen LogP contribution >= 0.6 is 15.9 Å². The van der Waals surface area contributed by atoms with Crippen molar-refractivity contribution in [1.82, 2.24) is 5.32 Å². The van der Waals surface area contributed by atoms with Crippen LogP contribution in [0, 0.1) is 0 Å². The van der Waals surface area contributed by atoms with Gasteiger partial charge in [0, 0.05) is 5.69 Å². The molecule has 1 aromatic heterocycles. The Kier molecular flexibility index (Phi) is 7.31. The van der Waals surface area contributed by atoms with Crippen LogP contribution < -0.4 is 10.6 Å². The second-order valence-electron chi connectivity index (χ2n) is 7.34. The molecule has 1 aliphatic carbocycles. The summed E-state index contributed by atoms with van der Waals surface area (Å²) in [7, 11) is 0. The van der Waals surface area contributed by atoms with E-state index in [1.54, 1.807) is 43.3 Å². The number of benzene rings is 1. The third-order valence-electron chi connectivity index (χ3n) is 5.13. The average Bonchev–Trinajstić information content (AvgIpc) is 3.17. The third kappa shape index (κ3) is 5.50. The lowest BCUT2D eigenvalue weighted by Crippen LogP contribution is -2.56. The summed E-state index contributed by atoms with van der Waals surface area (Å²) in [5.74, 6) is -0.732. The molecule has 0 unspecified atom stereocenters. The van der Waals surface area contributed by atoms with E-state index in [-0.39, 0.29) is 30.0 Å². The summed E-state index contributed by atoms with van der Waals surface area (Å²) in [6, 6.07) is 10.2. The number of carbonyl (C=O) groups is 3. The van der Waals surface area contributed by atoms with Crippen molar-refractivity contribution in [2.24, 2.45) is 0 Å². The first kappa shape index (κ1) is 22.1. The fourth-order valence-electron chi connectivity index (χ4n) is 3.64. The minimum absolute atomic E-state index is 0.139. The molecular formula is C22H25BrN2O5. The first-order chi connectivity index (χ1) is 14.4. The quantitative estimate of drug-likeness (QED) is 0.582. The molecular weight excluding hydrogens is 452 g/mol. The summed E-state index contributed by atoms with van der Waals surface area (Å²) in [6.45, 7) is 2.06. The van der Waals surface area contributed by atoms with Gasteiger partial charge < -0.3 is 19.8 Å². The molecule has 1 saturated carbocycles. The Labute approximate surface area is 183 Å². The van der Waals surface area contributed by atoms with Crippen LogP contribution in [0.1, 0.15) is 55.1 Å². The molecule has 1 aromatic carbocycles. The van der Waals surface area contributed by atoms with Gasteiger partial charge >= 0.3 is 5.97 Å². The number of amides is 2. The first-order valence-corrected chi connectivity index (χ1v) is 10.8. The fraction of sp³-hybridized carbons (Fsp3) is 0.409. The number of anilines is 1. The van der Waals surface area contributed by atoms with E-state index in [4.69, 9.17) is 9.15 Å². The number of hydrogen-bond donors (Lipinski definition) is 2. The second kappa shape index (κ2) is 9.93. The molecule has 30 heavy (non-hydrogen) atoms. The van der Waals surface area contributed by atoms with Gasteiger partial charge in [0.2, 0.25) is 5.91 Å². The summed E-state index contributed by atoms with van der Waals surface area (Å²) in [6.07, 6.45) is 4.18. The molecule has 160 valence electrons. The second-order valence-corrected chi connectivity index (χ2v) is 8.12. The Bertz CT molecular complexity index is 901. The average molecular weight is 477 g/mol. The van der Waals surface area contributed by atoms with Gasteiger partial charge in [0.15, 0.2) is 10.4 Å². The van der Waals surface area contributed by atoms with Gasteiger partial charge in [0.25, 0.3) is 5.91 Å². The molecule has 1 heterocycles. The van der Waals surface area contributed by atoms with Crippen LogP contribution in [0.15, 0.2) is 45.5 Å². The van der Waals surface area contributed by atoms with Gasteiger partial charge in [-0.15, -0.1) is 0 Å². The van der Waals surface area contributed by atoms with Crippen molar-refractivity contribution >= 4 is 39.4 Å². The van der Waals surface area contributed by atoms with E-state index >= 15 is 0 Å². The summed E-state index contributed by atoms with van der Waals surface area (Å²) < 4.78 is 10.9. The van der Waals surface area contributed by atoms with Crippen molar-refractivity contribution < 1.29 is 23.5 Å². The first-order valence-electron chi connectivity index (χ1n) is 10.1. The van der Waals surface area contributed by atoms with Crippen molar-refractivity contribution in [3.63, 3.8) is 0 Å². The zero-order chi connectivity index (χ0) is 21.6. The van der Waals surface area contributed by atoms with Gasteiger partial charge in [-0.05, 0) is 65.5 Å². The molecule has 0 saturated heterocycles. The van der Waals surface area contributed by atoms with Gasteiger partial charge in [-0.25, -0.2) is 4.79 Å². The van der Waals surface area contributed by atoms with Gasteiger partial charge in [-0.1, -0.05) is 31.4 Å². The maximum Gasteiger partial charge on any atom is 0.331 e. The summed E-state index contributed by atoms with van der Waals surface area (Å²) in [4.78, 5) is 37.3. The van der Waals surface area contributed by atoms with Crippen molar-refractivity contribution in [2.45, 2.75) is 51.0 Å². The Morgan fingerprint density at radius 1 is 1.07 bits per heavy atom. The molecule has 0 atom stereocenters. The Morgan fingerprint density at radius 2 is 1.77 bits per heavy atom. The van der Waals surface area contributed by atoms with E-state index in [9.17, 15) is 14.4 Å². The standard InChI is InChI=1S/C22H25BrN2O5/c1-2-29-21(28)22(12-4-3-5-13-22)25-19(26)14-15-6-8-16(9-7-15)24-20(27)17-10-11-18(23)30-17/h6-11H,2-5,12-14H2,1H3,(H,24,27)(H,25,26). The number of rotatable bonds is 7. The van der Waals surface area contributed by atoms with Gasteiger partial charge in [0.1, 0.15) is 5.54 Å². The number of ether oxygens (including phenoxy) is 1. The maximum absolute atomic E-state index is 12.6. The van der Waals surface area contributed by atoms with Gasteiger partial charge in [0.05, 0.1) is 13.0 Å². The highest BCUT2D eigenvalue weighted by Gasteiger charge is 2.42. The van der Waals surface area contributed by atoms with Crippen LogP contribution in [0.2, 0.25) is 0 Å². The lowest BCUT2D eigenvalue weighted by atomic mass is 9.81. The molecule has 2 amide bonds. The molecule has 1 fully saturated rings. The van der Waals surface area contributed by atoms with E-state index in [2.05, 4.69) is 26.6 Å². The predicted molar refractivity (Wildman–Crippen MR) is 115 cm³/mol. The highest BCUT2D eigenvalue weighted by Crippen LogP contribution is 2.29. The molecule has 3 rings (SSSR count). The number of halogens is 1. The molecule has 7 nitrogen and oxygen atoms in total. The van der Waals surface area contributed by atoms with Crippen LogP contribution in [0.3, 0.4) is 0 Å². The Hall–Kier alpha value is -2.61. The van der Waals surface area contributed by atoms with E-state index in [1.165, 1.54) is 0 Å². The minimum atomic E-state index is -0.920. The Morgan fingerprint density at radius 3 is 2.37 bits per heavy atom. The highest BCUT2D eigenvalue weighted by molar-refractivity contribution is 9.10. The third-order valence-corrected chi connectivity index (χ3v) is 5.55. The predicted octanol–water partition coefficient (Wildman–Crippen LogP) is 4.22. The molecule has 0 aliphatic heterocycles. The topological polar surface area (TPSA) is 97.6 Å².